The second-order valence-corrected chi connectivity index (χ2v) is 4.29. The molecule has 0 aliphatic carbocycles. The molecule has 0 aromatic heterocycles. The maximum absolute atomic E-state index is 11.7. The van der Waals surface area contributed by atoms with Crippen molar-refractivity contribution in [1.29, 1.82) is 0 Å². The Hall–Kier alpha value is -1.88. The van der Waals surface area contributed by atoms with Crippen molar-refractivity contribution in [3.63, 3.8) is 0 Å². The highest BCUT2D eigenvalue weighted by atomic mass is 16.5. The smallest absolute Gasteiger partial charge is 0.243 e. The first-order chi connectivity index (χ1) is 8.61. The number of imide groups is 1. The summed E-state index contributed by atoms with van der Waals surface area (Å²) in [6.07, 6.45) is 0. The zero-order valence-corrected chi connectivity index (χ0v) is 10.5. The molecule has 1 heterocycles. The largest absolute Gasteiger partial charge is 0.496 e. The third kappa shape index (κ3) is 2.51. The fourth-order valence-corrected chi connectivity index (χ4v) is 1.98. The first-order valence-electron chi connectivity index (χ1n) is 5.79. The standard InChI is InChI=1S/C13H16N2O3/c1-9-3-4-11(18-2)10(5-9)8-15-12(16)6-14-7-13(15)17/h3-5,14H,6-8H2,1-2H3. The van der Waals surface area contributed by atoms with Gasteiger partial charge in [0.2, 0.25) is 11.8 Å². The molecule has 5 nitrogen and oxygen atoms in total. The van der Waals surface area contributed by atoms with E-state index in [-0.39, 0.29) is 31.4 Å². The molecule has 0 atom stereocenters. The molecule has 0 saturated carbocycles. The second kappa shape index (κ2) is 5.18. The number of ether oxygens (including phenoxy) is 1. The maximum Gasteiger partial charge on any atom is 0.243 e. The van der Waals surface area contributed by atoms with E-state index < -0.39 is 0 Å². The Labute approximate surface area is 106 Å². The minimum Gasteiger partial charge on any atom is -0.496 e. The van der Waals surface area contributed by atoms with Gasteiger partial charge in [0.1, 0.15) is 5.75 Å². The van der Waals surface area contributed by atoms with Gasteiger partial charge < -0.3 is 4.74 Å². The third-order valence-electron chi connectivity index (χ3n) is 2.92. The van der Waals surface area contributed by atoms with Crippen LogP contribution in [0.15, 0.2) is 18.2 Å². The average Bonchev–Trinajstić information content (AvgIpc) is 2.34. The fraction of sp³-hybridized carbons (Fsp3) is 0.385. The Balaban J connectivity index is 2.24. The normalized spacial score (nSPS) is 16.0. The van der Waals surface area contributed by atoms with Crippen molar-refractivity contribution in [3.05, 3.63) is 29.3 Å². The van der Waals surface area contributed by atoms with E-state index in [1.807, 2.05) is 25.1 Å². The van der Waals surface area contributed by atoms with E-state index in [0.29, 0.717) is 5.75 Å². The van der Waals surface area contributed by atoms with Crippen LogP contribution in [0.3, 0.4) is 0 Å². The van der Waals surface area contributed by atoms with Gasteiger partial charge in [-0.15, -0.1) is 0 Å². The number of methoxy groups -OCH3 is 1. The molecule has 1 aliphatic heterocycles. The van der Waals surface area contributed by atoms with Crippen LogP contribution in [0.4, 0.5) is 0 Å². The number of hydrogen-bond donors (Lipinski definition) is 1. The molecule has 5 heteroatoms. The van der Waals surface area contributed by atoms with Crippen LogP contribution >= 0.6 is 0 Å². The van der Waals surface area contributed by atoms with Crippen LogP contribution in [0, 0.1) is 6.92 Å². The molecule has 18 heavy (non-hydrogen) atoms. The Morgan fingerprint density at radius 2 is 1.94 bits per heavy atom. The van der Waals surface area contributed by atoms with E-state index in [0.717, 1.165) is 11.1 Å². The molecule has 1 aromatic carbocycles. The number of piperazine rings is 1. The highest BCUT2D eigenvalue weighted by Crippen LogP contribution is 2.21. The zero-order valence-electron chi connectivity index (χ0n) is 10.5. The average molecular weight is 248 g/mol. The first kappa shape index (κ1) is 12.6. The second-order valence-electron chi connectivity index (χ2n) is 4.29. The number of nitrogens with one attached hydrogen (secondary N) is 1. The minimum atomic E-state index is -0.199. The molecular formula is C13H16N2O3. The molecule has 2 amide bonds. The summed E-state index contributed by atoms with van der Waals surface area (Å²) in [5.74, 6) is 0.296. The van der Waals surface area contributed by atoms with Crippen molar-refractivity contribution in [2.45, 2.75) is 13.5 Å². The zero-order chi connectivity index (χ0) is 13.1. The number of benzene rings is 1. The fourth-order valence-electron chi connectivity index (χ4n) is 1.98. The molecule has 0 unspecified atom stereocenters. The van der Waals surface area contributed by atoms with E-state index in [9.17, 15) is 9.59 Å². The number of nitrogens with zero attached hydrogens (tertiary/aromatic N) is 1. The number of carbonyl (C=O) groups excluding carboxylic acids is 2. The minimum absolute atomic E-state index is 0.199. The van der Waals surface area contributed by atoms with Gasteiger partial charge in [-0.05, 0) is 13.0 Å². The molecule has 1 saturated heterocycles. The summed E-state index contributed by atoms with van der Waals surface area (Å²) in [6.45, 7) is 2.65. The van der Waals surface area contributed by atoms with Crippen LogP contribution in [0.1, 0.15) is 11.1 Å². The molecule has 2 rings (SSSR count). The Kier molecular flexibility index (Phi) is 3.62. The highest BCUT2D eigenvalue weighted by Gasteiger charge is 2.26. The quantitative estimate of drug-likeness (QED) is 0.790. The van der Waals surface area contributed by atoms with Crippen LogP contribution in [0.25, 0.3) is 0 Å². The Morgan fingerprint density at radius 1 is 1.28 bits per heavy atom. The molecule has 1 aliphatic rings. The lowest BCUT2D eigenvalue weighted by molar-refractivity contribution is -0.147. The van der Waals surface area contributed by atoms with Crippen molar-refractivity contribution in [1.82, 2.24) is 10.2 Å². The number of amides is 2. The lowest BCUT2D eigenvalue weighted by Crippen LogP contribution is -2.51. The summed E-state index contributed by atoms with van der Waals surface area (Å²) in [5.41, 5.74) is 1.92. The van der Waals surface area contributed by atoms with E-state index in [2.05, 4.69) is 5.32 Å². The van der Waals surface area contributed by atoms with E-state index >= 15 is 0 Å². The monoisotopic (exact) mass is 248 g/mol. The van der Waals surface area contributed by atoms with Crippen molar-refractivity contribution in [3.8, 4) is 5.75 Å². The predicted octanol–water partition coefficient (Wildman–Crippen LogP) is 0.462. The van der Waals surface area contributed by atoms with Gasteiger partial charge in [-0.3, -0.25) is 19.8 Å². The van der Waals surface area contributed by atoms with Gasteiger partial charge in [0.25, 0.3) is 0 Å². The van der Waals surface area contributed by atoms with Gasteiger partial charge in [-0.2, -0.15) is 0 Å². The summed E-state index contributed by atoms with van der Waals surface area (Å²) in [5, 5.41) is 2.77. The third-order valence-corrected chi connectivity index (χ3v) is 2.92. The number of rotatable bonds is 3. The molecule has 1 fully saturated rings. The van der Waals surface area contributed by atoms with Gasteiger partial charge in [-0.25, -0.2) is 0 Å². The van der Waals surface area contributed by atoms with Crippen LogP contribution in [0.5, 0.6) is 5.75 Å². The lowest BCUT2D eigenvalue weighted by Gasteiger charge is -2.26. The summed E-state index contributed by atoms with van der Waals surface area (Å²) in [6, 6.07) is 5.72. The SMILES string of the molecule is COc1ccc(C)cc1CN1C(=O)CNCC1=O. The molecule has 96 valence electrons. The van der Waals surface area contributed by atoms with E-state index in [4.69, 9.17) is 4.74 Å². The van der Waals surface area contributed by atoms with Crippen molar-refractivity contribution in [2.75, 3.05) is 20.2 Å². The predicted molar refractivity (Wildman–Crippen MR) is 66.2 cm³/mol. The van der Waals surface area contributed by atoms with Crippen LogP contribution in [0.2, 0.25) is 0 Å². The maximum atomic E-state index is 11.7. The Bertz CT molecular complexity index is 469. The van der Waals surface area contributed by atoms with Gasteiger partial charge in [0, 0.05) is 5.56 Å². The number of carbonyl (C=O) groups is 2. The van der Waals surface area contributed by atoms with Crippen molar-refractivity contribution in [2.24, 2.45) is 0 Å². The molecule has 0 spiro atoms. The highest BCUT2D eigenvalue weighted by molar-refractivity contribution is 5.99. The molecule has 0 bridgehead atoms. The number of aryl methyl sites for hydroxylation is 1. The number of hydrogen-bond acceptors (Lipinski definition) is 4. The van der Waals surface area contributed by atoms with Crippen LogP contribution in [-0.4, -0.2) is 36.9 Å². The van der Waals surface area contributed by atoms with Gasteiger partial charge in [0.15, 0.2) is 0 Å². The van der Waals surface area contributed by atoms with E-state index in [1.165, 1.54) is 4.90 Å². The summed E-state index contributed by atoms with van der Waals surface area (Å²) >= 11 is 0. The summed E-state index contributed by atoms with van der Waals surface area (Å²) in [4.78, 5) is 24.7. The van der Waals surface area contributed by atoms with Crippen LogP contribution in [-0.2, 0) is 16.1 Å². The lowest BCUT2D eigenvalue weighted by atomic mass is 10.1. The topological polar surface area (TPSA) is 58.6 Å². The molecular weight excluding hydrogens is 232 g/mol. The van der Waals surface area contributed by atoms with Gasteiger partial charge in [-0.1, -0.05) is 17.7 Å². The molecule has 0 radical (unpaired) electrons. The summed E-state index contributed by atoms with van der Waals surface area (Å²) in [7, 11) is 1.58. The molecule has 1 N–H and O–H groups in total. The Morgan fingerprint density at radius 3 is 2.56 bits per heavy atom. The van der Waals surface area contributed by atoms with Gasteiger partial charge >= 0.3 is 0 Å². The van der Waals surface area contributed by atoms with Gasteiger partial charge in [0.05, 0.1) is 26.7 Å². The summed E-state index contributed by atoms with van der Waals surface area (Å²) < 4.78 is 5.25. The van der Waals surface area contributed by atoms with E-state index in [1.54, 1.807) is 7.11 Å². The first-order valence-corrected chi connectivity index (χ1v) is 5.79. The van der Waals surface area contributed by atoms with Crippen molar-refractivity contribution >= 4 is 11.8 Å². The van der Waals surface area contributed by atoms with Crippen molar-refractivity contribution < 1.29 is 14.3 Å². The van der Waals surface area contributed by atoms with Crippen LogP contribution < -0.4 is 10.1 Å². The molecule has 1 aromatic rings.